The number of aliphatic imine (C=N–C) groups is 1. The molecular formula is C11H7N2O3S-. The van der Waals surface area contributed by atoms with E-state index >= 15 is 0 Å². The molecule has 1 aromatic carbocycles. The first-order valence-electron chi connectivity index (χ1n) is 4.66. The molecule has 0 radical (unpaired) electrons. The number of carbonyl (C=O) groups is 2. The zero-order chi connectivity index (χ0) is 12.4. The summed E-state index contributed by atoms with van der Waals surface area (Å²) in [5.41, 5.74) is 6.19. The van der Waals surface area contributed by atoms with Crippen LogP contribution in [0.1, 0.15) is 15.9 Å². The molecule has 86 valence electrons. The summed E-state index contributed by atoms with van der Waals surface area (Å²) in [6.45, 7) is 0. The highest BCUT2D eigenvalue weighted by Crippen LogP contribution is 2.26. The molecule has 0 atom stereocenters. The second-order valence-electron chi connectivity index (χ2n) is 3.28. The minimum absolute atomic E-state index is 0.0910. The summed E-state index contributed by atoms with van der Waals surface area (Å²) in [6, 6.07) is 5.99. The van der Waals surface area contributed by atoms with Gasteiger partial charge in [0, 0.05) is 0 Å². The average molecular weight is 247 g/mol. The predicted octanol–water partition coefficient (Wildman–Crippen LogP) is -0.0209. The molecule has 1 heterocycles. The van der Waals surface area contributed by atoms with Gasteiger partial charge in [-0.2, -0.15) is 4.99 Å². The molecule has 17 heavy (non-hydrogen) atoms. The first-order valence-corrected chi connectivity index (χ1v) is 5.47. The van der Waals surface area contributed by atoms with E-state index in [-0.39, 0.29) is 16.6 Å². The van der Waals surface area contributed by atoms with Crippen LogP contribution in [0.5, 0.6) is 0 Å². The zero-order valence-corrected chi connectivity index (χ0v) is 9.36. The van der Waals surface area contributed by atoms with Crippen molar-refractivity contribution in [1.82, 2.24) is 0 Å². The molecule has 0 saturated heterocycles. The molecule has 1 amide bonds. The van der Waals surface area contributed by atoms with E-state index in [4.69, 9.17) is 5.73 Å². The van der Waals surface area contributed by atoms with Gasteiger partial charge in [-0.05, 0) is 29.0 Å². The van der Waals surface area contributed by atoms with Crippen LogP contribution in [0.2, 0.25) is 0 Å². The van der Waals surface area contributed by atoms with E-state index in [1.54, 1.807) is 18.2 Å². The molecule has 1 aliphatic heterocycles. The first-order chi connectivity index (χ1) is 8.06. The molecule has 0 fully saturated rings. The number of hydrogen-bond donors (Lipinski definition) is 1. The lowest BCUT2D eigenvalue weighted by Crippen LogP contribution is -2.21. The number of nitrogens with zero attached hydrogens (tertiary/aromatic N) is 1. The van der Waals surface area contributed by atoms with Gasteiger partial charge >= 0.3 is 0 Å². The van der Waals surface area contributed by atoms with Gasteiger partial charge < -0.3 is 15.6 Å². The van der Waals surface area contributed by atoms with Gasteiger partial charge in [0.25, 0.3) is 5.91 Å². The van der Waals surface area contributed by atoms with Gasteiger partial charge in [0.15, 0.2) is 5.17 Å². The molecular weight excluding hydrogens is 240 g/mol. The quantitative estimate of drug-likeness (QED) is 0.741. The fraction of sp³-hybridized carbons (Fsp3) is 0. The summed E-state index contributed by atoms with van der Waals surface area (Å²) in [6.07, 6.45) is 1.61. The van der Waals surface area contributed by atoms with Crippen molar-refractivity contribution >= 4 is 34.9 Å². The van der Waals surface area contributed by atoms with E-state index in [1.165, 1.54) is 12.1 Å². The Bertz CT molecular complexity index is 546. The molecule has 0 spiro atoms. The zero-order valence-electron chi connectivity index (χ0n) is 8.54. The lowest BCUT2D eigenvalue weighted by Gasteiger charge is -2.02. The SMILES string of the molecule is NC1=NC(=O)/C(=C\c2ccc(C(=O)[O-])cc2)S1. The van der Waals surface area contributed by atoms with Crippen molar-refractivity contribution in [2.75, 3.05) is 0 Å². The fourth-order valence-corrected chi connectivity index (χ4v) is 1.97. The first kappa shape index (κ1) is 11.4. The van der Waals surface area contributed by atoms with Crippen molar-refractivity contribution < 1.29 is 14.7 Å². The molecule has 0 saturated carbocycles. The molecule has 2 rings (SSSR count). The monoisotopic (exact) mass is 247 g/mol. The molecule has 1 aromatic rings. The van der Waals surface area contributed by atoms with E-state index in [0.29, 0.717) is 10.5 Å². The average Bonchev–Trinajstić information content (AvgIpc) is 2.58. The molecule has 5 nitrogen and oxygen atoms in total. The molecule has 1 aliphatic rings. The fourth-order valence-electron chi connectivity index (χ4n) is 1.29. The summed E-state index contributed by atoms with van der Waals surface area (Å²) >= 11 is 1.09. The molecule has 0 unspecified atom stereocenters. The topological polar surface area (TPSA) is 95.6 Å². The maximum absolute atomic E-state index is 11.3. The minimum Gasteiger partial charge on any atom is -0.545 e. The highest BCUT2D eigenvalue weighted by atomic mass is 32.2. The number of hydrogen-bond acceptors (Lipinski definition) is 5. The number of amidine groups is 1. The Hall–Kier alpha value is -2.08. The van der Waals surface area contributed by atoms with Crippen LogP contribution in [0, 0.1) is 0 Å². The third kappa shape index (κ3) is 2.54. The van der Waals surface area contributed by atoms with Crippen molar-refractivity contribution in [2.45, 2.75) is 0 Å². The summed E-state index contributed by atoms with van der Waals surface area (Å²) in [5, 5.41) is 10.7. The normalized spacial score (nSPS) is 17.3. The van der Waals surface area contributed by atoms with Gasteiger partial charge in [-0.15, -0.1) is 0 Å². The van der Waals surface area contributed by atoms with Crippen LogP contribution in [-0.2, 0) is 4.79 Å². The van der Waals surface area contributed by atoms with Crippen LogP contribution in [0.3, 0.4) is 0 Å². The summed E-state index contributed by atoms with van der Waals surface area (Å²) in [5.74, 6) is -1.61. The summed E-state index contributed by atoms with van der Waals surface area (Å²) < 4.78 is 0. The second kappa shape index (κ2) is 4.42. The smallest absolute Gasteiger partial charge is 0.286 e. The van der Waals surface area contributed by atoms with E-state index in [0.717, 1.165) is 11.8 Å². The second-order valence-corrected chi connectivity index (χ2v) is 4.34. The summed E-state index contributed by atoms with van der Waals surface area (Å²) in [7, 11) is 0. The lowest BCUT2D eigenvalue weighted by atomic mass is 10.1. The minimum atomic E-state index is -1.23. The van der Waals surface area contributed by atoms with Crippen LogP contribution >= 0.6 is 11.8 Å². The van der Waals surface area contributed by atoms with Gasteiger partial charge in [0.1, 0.15) is 0 Å². The number of thioether (sulfide) groups is 1. The van der Waals surface area contributed by atoms with Crippen LogP contribution in [-0.4, -0.2) is 17.0 Å². The van der Waals surface area contributed by atoms with E-state index in [1.807, 2.05) is 0 Å². The van der Waals surface area contributed by atoms with E-state index < -0.39 is 5.97 Å². The lowest BCUT2D eigenvalue weighted by molar-refractivity contribution is -0.255. The van der Waals surface area contributed by atoms with Crippen LogP contribution in [0.15, 0.2) is 34.2 Å². The van der Waals surface area contributed by atoms with Gasteiger partial charge in [0.2, 0.25) is 0 Å². The molecule has 6 heteroatoms. The van der Waals surface area contributed by atoms with E-state index in [9.17, 15) is 14.7 Å². The van der Waals surface area contributed by atoms with Gasteiger partial charge in [0.05, 0.1) is 10.9 Å². The Morgan fingerprint density at radius 3 is 2.47 bits per heavy atom. The van der Waals surface area contributed by atoms with E-state index in [2.05, 4.69) is 4.99 Å². The van der Waals surface area contributed by atoms with Crippen molar-refractivity contribution in [1.29, 1.82) is 0 Å². The third-order valence-corrected chi connectivity index (χ3v) is 2.89. The van der Waals surface area contributed by atoms with Crippen LogP contribution in [0.25, 0.3) is 6.08 Å². The molecule has 2 N–H and O–H groups in total. The van der Waals surface area contributed by atoms with Crippen molar-refractivity contribution in [3.05, 3.63) is 40.3 Å². The number of carboxylic acid groups (broad SMARTS) is 1. The number of nitrogens with two attached hydrogens (primary N) is 1. The summed E-state index contributed by atoms with van der Waals surface area (Å²) in [4.78, 5) is 25.8. The van der Waals surface area contributed by atoms with Gasteiger partial charge in [-0.3, -0.25) is 4.79 Å². The number of aromatic carboxylic acids is 1. The Morgan fingerprint density at radius 2 is 2.00 bits per heavy atom. The van der Waals surface area contributed by atoms with Crippen LogP contribution < -0.4 is 10.8 Å². The Balaban J connectivity index is 2.23. The molecule has 0 aromatic heterocycles. The van der Waals surface area contributed by atoms with Crippen molar-refractivity contribution in [3.63, 3.8) is 0 Å². The molecule has 0 aliphatic carbocycles. The number of carboxylic acids is 1. The Labute approximate surface area is 101 Å². The Kier molecular flexibility index (Phi) is 2.97. The van der Waals surface area contributed by atoms with Crippen LogP contribution in [0.4, 0.5) is 0 Å². The largest absolute Gasteiger partial charge is 0.545 e. The van der Waals surface area contributed by atoms with Gasteiger partial charge in [-0.25, -0.2) is 0 Å². The number of rotatable bonds is 2. The maximum Gasteiger partial charge on any atom is 0.286 e. The maximum atomic E-state index is 11.3. The standard InChI is InChI=1S/C11H8N2O3S/c12-11-13-9(14)8(17-11)5-6-1-3-7(4-2-6)10(15)16/h1-5H,(H,15,16)(H2,12,13,14)/p-1/b8-5+. The number of carbonyl (C=O) groups excluding carboxylic acids is 2. The Morgan fingerprint density at radius 1 is 1.35 bits per heavy atom. The third-order valence-electron chi connectivity index (χ3n) is 2.08. The highest BCUT2D eigenvalue weighted by Gasteiger charge is 2.19. The van der Waals surface area contributed by atoms with Crippen molar-refractivity contribution in [3.8, 4) is 0 Å². The van der Waals surface area contributed by atoms with Gasteiger partial charge in [-0.1, -0.05) is 24.3 Å². The predicted molar refractivity (Wildman–Crippen MR) is 63.0 cm³/mol. The molecule has 0 bridgehead atoms. The van der Waals surface area contributed by atoms with Crippen molar-refractivity contribution in [2.24, 2.45) is 10.7 Å². The number of amides is 1. The highest BCUT2D eigenvalue weighted by molar-refractivity contribution is 8.18. The number of benzene rings is 1.